The fourth-order valence-electron chi connectivity index (χ4n) is 3.95. The van der Waals surface area contributed by atoms with Gasteiger partial charge < -0.3 is 15.0 Å². The summed E-state index contributed by atoms with van der Waals surface area (Å²) in [5.74, 6) is 3.26. The van der Waals surface area contributed by atoms with E-state index in [1.807, 2.05) is 18.2 Å². The van der Waals surface area contributed by atoms with Crippen molar-refractivity contribution in [2.75, 3.05) is 11.9 Å². The van der Waals surface area contributed by atoms with E-state index in [-0.39, 0.29) is 24.1 Å². The summed E-state index contributed by atoms with van der Waals surface area (Å²) in [6.07, 6.45) is 9.44. The molecule has 1 aliphatic carbocycles. The number of carbonyl (C=O) groups is 2. The molecule has 1 saturated carbocycles. The first kappa shape index (κ1) is 20.8. The summed E-state index contributed by atoms with van der Waals surface area (Å²) in [7, 11) is 1.74. The highest BCUT2D eigenvalue weighted by molar-refractivity contribution is 5.95. The molecule has 0 saturated heterocycles. The SMILES string of the molecule is C#CCCC(=O)NC1CCC(OC(=O)N(C)c2[nH]c3ccccc3c2CC)CC1. The van der Waals surface area contributed by atoms with Crippen LogP contribution in [0.2, 0.25) is 0 Å². The second-order valence-electron chi connectivity index (χ2n) is 7.54. The van der Waals surface area contributed by atoms with Crippen molar-refractivity contribution < 1.29 is 14.3 Å². The van der Waals surface area contributed by atoms with Gasteiger partial charge >= 0.3 is 6.09 Å². The van der Waals surface area contributed by atoms with Gasteiger partial charge in [-0.1, -0.05) is 25.1 Å². The highest BCUT2D eigenvalue weighted by Crippen LogP contribution is 2.30. The van der Waals surface area contributed by atoms with E-state index in [1.165, 1.54) is 0 Å². The summed E-state index contributed by atoms with van der Waals surface area (Å²) >= 11 is 0. The molecular weight excluding hydrogens is 366 g/mol. The van der Waals surface area contributed by atoms with E-state index in [4.69, 9.17) is 11.2 Å². The fraction of sp³-hybridized carbons (Fsp3) is 0.478. The van der Waals surface area contributed by atoms with Gasteiger partial charge in [-0.2, -0.15) is 0 Å². The second kappa shape index (κ2) is 9.51. The molecule has 0 bridgehead atoms. The number of carbonyl (C=O) groups excluding carboxylic acids is 2. The first-order valence-electron chi connectivity index (χ1n) is 10.3. The number of aryl methyl sites for hydroxylation is 1. The quantitative estimate of drug-likeness (QED) is 0.722. The van der Waals surface area contributed by atoms with E-state index in [0.29, 0.717) is 12.8 Å². The maximum atomic E-state index is 12.7. The number of nitrogens with one attached hydrogen (secondary N) is 2. The second-order valence-corrected chi connectivity index (χ2v) is 7.54. The number of nitrogens with zero attached hydrogens (tertiary/aromatic N) is 1. The third kappa shape index (κ3) is 4.92. The Hall–Kier alpha value is -2.94. The minimum Gasteiger partial charge on any atom is -0.446 e. The summed E-state index contributed by atoms with van der Waals surface area (Å²) in [6.45, 7) is 2.08. The molecule has 0 unspecified atom stereocenters. The van der Waals surface area contributed by atoms with Crippen LogP contribution in [-0.4, -0.2) is 36.2 Å². The van der Waals surface area contributed by atoms with Crippen LogP contribution < -0.4 is 10.2 Å². The molecule has 1 aliphatic rings. The van der Waals surface area contributed by atoms with Gasteiger partial charge in [0.25, 0.3) is 0 Å². The predicted octanol–water partition coefficient (Wildman–Crippen LogP) is 4.14. The van der Waals surface area contributed by atoms with Crippen molar-refractivity contribution in [1.29, 1.82) is 0 Å². The highest BCUT2D eigenvalue weighted by atomic mass is 16.6. The van der Waals surface area contributed by atoms with E-state index in [9.17, 15) is 9.59 Å². The normalized spacial score (nSPS) is 18.8. The Labute approximate surface area is 172 Å². The van der Waals surface area contributed by atoms with E-state index < -0.39 is 0 Å². The van der Waals surface area contributed by atoms with Gasteiger partial charge in [-0.3, -0.25) is 9.69 Å². The largest absolute Gasteiger partial charge is 0.446 e. The summed E-state index contributed by atoms with van der Waals surface area (Å²) in [5.41, 5.74) is 2.12. The van der Waals surface area contributed by atoms with Crippen LogP contribution in [0.4, 0.5) is 10.6 Å². The summed E-state index contributed by atoms with van der Waals surface area (Å²) in [6, 6.07) is 8.18. The van der Waals surface area contributed by atoms with Gasteiger partial charge in [-0.15, -0.1) is 12.3 Å². The number of hydrogen-bond acceptors (Lipinski definition) is 3. The van der Waals surface area contributed by atoms with Crippen molar-refractivity contribution in [3.8, 4) is 12.3 Å². The van der Waals surface area contributed by atoms with Crippen molar-refractivity contribution in [2.24, 2.45) is 0 Å². The van der Waals surface area contributed by atoms with E-state index in [0.717, 1.165) is 54.4 Å². The van der Waals surface area contributed by atoms with Crippen LogP contribution >= 0.6 is 0 Å². The smallest absolute Gasteiger partial charge is 0.415 e. The Morgan fingerprint density at radius 2 is 2.00 bits per heavy atom. The Morgan fingerprint density at radius 3 is 2.69 bits per heavy atom. The van der Waals surface area contributed by atoms with Crippen LogP contribution in [-0.2, 0) is 16.0 Å². The minimum absolute atomic E-state index is 0.00552. The number of terminal acetylenes is 1. The Balaban J connectivity index is 1.55. The van der Waals surface area contributed by atoms with Gasteiger partial charge in [-0.25, -0.2) is 4.79 Å². The molecule has 2 aromatic rings. The Bertz CT molecular complexity index is 904. The number of fused-ring (bicyclic) bond motifs is 1. The van der Waals surface area contributed by atoms with Crippen molar-refractivity contribution in [2.45, 2.75) is 64.0 Å². The number of H-pyrrole nitrogens is 1. The lowest BCUT2D eigenvalue weighted by Gasteiger charge is -2.30. The molecule has 0 aliphatic heterocycles. The highest BCUT2D eigenvalue weighted by Gasteiger charge is 2.27. The van der Waals surface area contributed by atoms with Gasteiger partial charge in [0.2, 0.25) is 5.91 Å². The zero-order valence-corrected chi connectivity index (χ0v) is 17.2. The van der Waals surface area contributed by atoms with Crippen LogP contribution in [0.3, 0.4) is 0 Å². The van der Waals surface area contributed by atoms with Crippen molar-refractivity contribution >= 4 is 28.7 Å². The number of amides is 2. The molecule has 0 atom stereocenters. The molecule has 1 heterocycles. The molecule has 2 N–H and O–H groups in total. The van der Waals surface area contributed by atoms with Gasteiger partial charge in [0.15, 0.2) is 0 Å². The fourth-order valence-corrected chi connectivity index (χ4v) is 3.95. The molecule has 29 heavy (non-hydrogen) atoms. The van der Waals surface area contributed by atoms with Crippen LogP contribution in [0.15, 0.2) is 24.3 Å². The van der Waals surface area contributed by atoms with Crippen molar-refractivity contribution in [3.05, 3.63) is 29.8 Å². The number of anilines is 1. The summed E-state index contributed by atoms with van der Waals surface area (Å²) in [4.78, 5) is 29.4. The van der Waals surface area contributed by atoms with Gasteiger partial charge in [0.1, 0.15) is 11.9 Å². The molecule has 6 heteroatoms. The lowest BCUT2D eigenvalue weighted by Crippen LogP contribution is -2.40. The number of benzene rings is 1. The Morgan fingerprint density at radius 1 is 1.28 bits per heavy atom. The van der Waals surface area contributed by atoms with Crippen LogP contribution in [0.25, 0.3) is 10.9 Å². The summed E-state index contributed by atoms with van der Waals surface area (Å²) in [5, 5.41) is 4.15. The lowest BCUT2D eigenvalue weighted by atomic mass is 9.93. The average Bonchev–Trinajstić information content (AvgIpc) is 3.11. The van der Waals surface area contributed by atoms with Crippen LogP contribution in [0.5, 0.6) is 0 Å². The maximum absolute atomic E-state index is 12.7. The Kier molecular flexibility index (Phi) is 6.82. The third-order valence-electron chi connectivity index (χ3n) is 5.56. The number of aromatic amines is 1. The standard InChI is InChI=1S/C23H29N3O3/c1-4-6-11-21(27)24-16-12-14-17(15-13-16)29-23(28)26(3)22-18(5-2)19-9-7-8-10-20(19)25-22/h1,7-10,16-17,25H,5-6,11-15H2,2-3H3,(H,24,27). The predicted molar refractivity (Wildman–Crippen MR) is 115 cm³/mol. The zero-order chi connectivity index (χ0) is 20.8. The molecule has 6 nitrogen and oxygen atoms in total. The summed E-state index contributed by atoms with van der Waals surface area (Å²) < 4.78 is 5.75. The first-order valence-corrected chi connectivity index (χ1v) is 10.3. The third-order valence-corrected chi connectivity index (χ3v) is 5.56. The zero-order valence-electron chi connectivity index (χ0n) is 17.2. The van der Waals surface area contributed by atoms with E-state index in [2.05, 4.69) is 29.2 Å². The monoisotopic (exact) mass is 395 g/mol. The van der Waals surface area contributed by atoms with Gasteiger partial charge in [-0.05, 0) is 38.2 Å². The first-order chi connectivity index (χ1) is 14.0. The molecule has 1 fully saturated rings. The molecule has 2 amide bonds. The van der Waals surface area contributed by atoms with Crippen LogP contribution in [0.1, 0.15) is 51.0 Å². The van der Waals surface area contributed by atoms with Gasteiger partial charge in [0, 0.05) is 42.4 Å². The lowest BCUT2D eigenvalue weighted by molar-refractivity contribution is -0.122. The molecule has 0 spiro atoms. The number of rotatable bonds is 6. The molecule has 1 aromatic carbocycles. The van der Waals surface area contributed by atoms with Crippen molar-refractivity contribution in [3.63, 3.8) is 0 Å². The average molecular weight is 396 g/mol. The number of ether oxygens (including phenoxy) is 1. The molecule has 3 rings (SSSR count). The van der Waals surface area contributed by atoms with Crippen LogP contribution in [0, 0.1) is 12.3 Å². The molecule has 1 aromatic heterocycles. The molecule has 0 radical (unpaired) electrons. The molecular formula is C23H29N3O3. The maximum Gasteiger partial charge on any atom is 0.415 e. The van der Waals surface area contributed by atoms with E-state index in [1.54, 1.807) is 11.9 Å². The minimum atomic E-state index is -0.354. The number of para-hydroxylation sites is 1. The van der Waals surface area contributed by atoms with Gasteiger partial charge in [0.05, 0.1) is 0 Å². The van der Waals surface area contributed by atoms with E-state index >= 15 is 0 Å². The molecule has 154 valence electrons. The number of hydrogen-bond donors (Lipinski definition) is 2. The number of aromatic nitrogens is 1. The van der Waals surface area contributed by atoms with Crippen molar-refractivity contribution in [1.82, 2.24) is 10.3 Å². The topological polar surface area (TPSA) is 74.4 Å².